The molecule has 0 bridgehead atoms. The third kappa shape index (κ3) is 17.3. The van der Waals surface area contributed by atoms with Gasteiger partial charge in [0.2, 0.25) is 12.6 Å². The van der Waals surface area contributed by atoms with Crippen molar-refractivity contribution in [2.24, 2.45) is 5.41 Å². The van der Waals surface area contributed by atoms with E-state index in [0.29, 0.717) is 36.8 Å². The lowest BCUT2D eigenvalue weighted by atomic mass is 9.89. The number of nitrogens with one attached hydrogen (secondary N) is 2. The fourth-order valence-corrected chi connectivity index (χ4v) is 11.8. The second-order valence-corrected chi connectivity index (χ2v) is 25.2. The Kier molecular flexibility index (Phi) is 24.9. The zero-order valence-electron chi connectivity index (χ0n) is 56.1. The van der Waals surface area contributed by atoms with Gasteiger partial charge in [0.15, 0.2) is 47.7 Å². The van der Waals surface area contributed by atoms with Crippen molar-refractivity contribution < 1.29 is 137 Å². The highest BCUT2D eigenvalue weighted by molar-refractivity contribution is 6.07. The predicted octanol–water partition coefficient (Wildman–Crippen LogP) is 1.35. The lowest BCUT2D eigenvalue weighted by Gasteiger charge is -2.38. The van der Waals surface area contributed by atoms with Gasteiger partial charge in [-0.1, -0.05) is 51.1 Å². The molecule has 5 aliphatic rings. The molecule has 34 heteroatoms. The van der Waals surface area contributed by atoms with Gasteiger partial charge >= 0.3 is 24.1 Å². The normalized spacial score (nSPS) is 25.0. The number of carboxylic acid groups (broad SMARTS) is 2. The largest absolute Gasteiger partial charge is 0.493 e. The molecule has 5 amide bonds. The molecule has 2 unspecified atom stereocenters. The lowest BCUT2D eigenvalue weighted by Crippen LogP contribution is -2.61. The summed E-state index contributed by atoms with van der Waals surface area (Å²) < 4.78 is 57.3. The zero-order valence-corrected chi connectivity index (χ0v) is 56.1. The van der Waals surface area contributed by atoms with Crippen molar-refractivity contribution in [3.8, 4) is 34.5 Å². The van der Waals surface area contributed by atoms with Gasteiger partial charge in [0.25, 0.3) is 17.7 Å². The summed E-state index contributed by atoms with van der Waals surface area (Å²) >= 11 is 0. The molecule has 13 atom stereocenters. The maximum absolute atomic E-state index is 14.6. The summed E-state index contributed by atoms with van der Waals surface area (Å²) in [6.45, 7) is 8.91. The average molecular weight is 1420 g/mol. The second-order valence-electron chi connectivity index (χ2n) is 25.2. The maximum Gasteiger partial charge on any atom is 0.416 e. The van der Waals surface area contributed by atoms with Crippen LogP contribution in [0.25, 0.3) is 0 Å². The van der Waals surface area contributed by atoms with Crippen molar-refractivity contribution in [1.29, 1.82) is 0 Å². The van der Waals surface area contributed by atoms with Gasteiger partial charge in [-0.3, -0.25) is 14.4 Å². The number of rotatable bonds is 28. The van der Waals surface area contributed by atoms with E-state index in [-0.39, 0.29) is 127 Å². The first kappa shape index (κ1) is 76.0. The molecule has 550 valence electrons. The number of β-amino-alcohol motifs (C(OH)–C–C–N with tert-alkyl or cyclic N) is 1. The number of hydrogen-bond acceptors (Lipinski definition) is 27. The summed E-state index contributed by atoms with van der Waals surface area (Å²) in [5, 5.41) is 108. The van der Waals surface area contributed by atoms with Crippen molar-refractivity contribution in [2.45, 2.75) is 146 Å². The van der Waals surface area contributed by atoms with Crippen molar-refractivity contribution in [3.63, 3.8) is 0 Å². The third-order valence-corrected chi connectivity index (χ3v) is 17.6. The number of carboxylic acids is 2. The summed E-state index contributed by atoms with van der Waals surface area (Å²) in [6, 6.07) is 14.2. The second kappa shape index (κ2) is 33.1. The van der Waals surface area contributed by atoms with Gasteiger partial charge in [0, 0.05) is 38.8 Å². The number of hydrogen-bond donors (Lipinski definition) is 12. The summed E-state index contributed by atoms with van der Waals surface area (Å²) in [4.78, 5) is 104. The van der Waals surface area contributed by atoms with E-state index < -0.39 is 134 Å². The smallest absolute Gasteiger partial charge is 0.416 e. The van der Waals surface area contributed by atoms with Crippen LogP contribution in [-0.2, 0) is 46.6 Å². The molecule has 3 saturated heterocycles. The van der Waals surface area contributed by atoms with Crippen LogP contribution < -0.4 is 49.0 Å². The number of aliphatic hydroxyl groups excluding tert-OH is 8. The van der Waals surface area contributed by atoms with Gasteiger partial charge in [0.1, 0.15) is 61.3 Å². The molecule has 34 nitrogen and oxygen atoms in total. The number of carbonyl (C=O) groups is 7. The minimum absolute atomic E-state index is 0.00669. The Morgan fingerprint density at radius 1 is 0.634 bits per heavy atom. The van der Waals surface area contributed by atoms with Crippen LogP contribution in [0.5, 0.6) is 34.5 Å². The van der Waals surface area contributed by atoms with Crippen LogP contribution in [0.4, 0.5) is 21.0 Å². The van der Waals surface area contributed by atoms with Gasteiger partial charge in [-0.25, -0.2) is 34.5 Å². The number of anilines is 2. The highest BCUT2D eigenvalue weighted by Gasteiger charge is 2.51. The van der Waals surface area contributed by atoms with Gasteiger partial charge in [-0.05, 0) is 85.0 Å². The number of nitrogens with zero attached hydrogens (tertiary/aromatic N) is 4. The minimum atomic E-state index is -2.03. The summed E-state index contributed by atoms with van der Waals surface area (Å²) in [5.41, 5.74) is 2.79. The first-order valence-electron chi connectivity index (χ1n) is 32.3. The van der Waals surface area contributed by atoms with Gasteiger partial charge in [-0.15, -0.1) is 0 Å². The summed E-state index contributed by atoms with van der Waals surface area (Å²) in [6.07, 6.45) is -22.6. The lowest BCUT2D eigenvalue weighted by molar-refractivity contribution is -0.271. The molecular formula is C67H84N6O28. The average Bonchev–Trinajstić information content (AvgIpc) is 1.63. The molecule has 0 aromatic heterocycles. The first-order valence-corrected chi connectivity index (χ1v) is 32.3. The minimum Gasteiger partial charge on any atom is -0.493 e. The molecule has 9 rings (SSSR count). The van der Waals surface area contributed by atoms with Gasteiger partial charge in [0.05, 0.1) is 74.7 Å². The molecule has 0 saturated carbocycles. The van der Waals surface area contributed by atoms with E-state index in [1.165, 1.54) is 97.8 Å². The molecule has 4 aromatic carbocycles. The monoisotopic (exact) mass is 1420 g/mol. The van der Waals surface area contributed by atoms with Crippen LogP contribution in [-0.4, -0.2) is 250 Å². The highest BCUT2D eigenvalue weighted by atomic mass is 16.7. The Balaban J connectivity index is 0.876. The molecular weight excluding hydrogens is 1340 g/mol. The van der Waals surface area contributed by atoms with E-state index in [1.807, 2.05) is 20.8 Å². The van der Waals surface area contributed by atoms with Crippen LogP contribution >= 0.6 is 0 Å². The van der Waals surface area contributed by atoms with E-state index in [9.17, 15) is 84.6 Å². The number of hydroxylamine groups is 1. The van der Waals surface area contributed by atoms with Gasteiger partial charge in [-0.2, -0.15) is 0 Å². The quantitative estimate of drug-likeness (QED) is 0.0217. The molecule has 0 radical (unpaired) electrons. The Morgan fingerprint density at radius 2 is 1.17 bits per heavy atom. The Bertz CT molecular complexity index is 3670. The molecule has 12 N–H and O–H groups in total. The van der Waals surface area contributed by atoms with Crippen LogP contribution in [0.2, 0.25) is 0 Å². The van der Waals surface area contributed by atoms with E-state index in [2.05, 4.69) is 17.4 Å². The number of benzene rings is 4. The van der Waals surface area contributed by atoms with E-state index in [0.717, 1.165) is 9.80 Å². The van der Waals surface area contributed by atoms with E-state index in [1.54, 1.807) is 0 Å². The van der Waals surface area contributed by atoms with Crippen LogP contribution in [0, 0.1) is 5.41 Å². The third-order valence-electron chi connectivity index (χ3n) is 17.6. The Hall–Kier alpha value is -9.17. The number of amides is 5. The zero-order chi connectivity index (χ0) is 73.3. The first-order chi connectivity index (χ1) is 48.1. The fourth-order valence-electron chi connectivity index (χ4n) is 11.8. The van der Waals surface area contributed by atoms with Crippen LogP contribution in [0.1, 0.15) is 95.1 Å². The maximum atomic E-state index is 14.6. The summed E-state index contributed by atoms with van der Waals surface area (Å²) in [5.74, 6) is -4.91. The standard InChI is InChI=1S/C67H84N6O28/c1-8-67(3,4)32-70-29-48(74)72(65(89)96-31-35-14-17-43(39(23-35)57(81)69-18-21-97-68-5)99-64-54(80)50(76)52(78)56(101-64)62(87)88)40-26-46(44(91-6)24-37(40)58(70)82)93-19-10-9-11-20-94-47-27-41-38(25-45(47)92-7)59(83)71-28-33(2)22-42(71)60(84)73(41)66(90)95-30-34-12-15-36(16-13-34)98-63-53(79)49(75)51(77)55(100-63)61(85)86/h12-17,23-27,42,48-56,60,63-64,68,74-80,84H,2,8-11,18-22,28-32H2,1,3-7H3,(H,69,81)(H,85,86)(H,87,88)/t42-,48?,49-,50-,51-,52-,53+,54+,55-,56-,60?,63+,64+/m0/s1. The number of carbonyl (C=O) groups excluding carboxylic acids is 5. The fraction of sp³-hybridized carbons (Fsp3) is 0.507. The Labute approximate surface area is 578 Å². The molecule has 0 spiro atoms. The summed E-state index contributed by atoms with van der Waals surface area (Å²) in [7, 11) is 4.23. The SMILES string of the molecule is C=C1C[C@H]2C(O)N(C(=O)OCc3ccc(O[C@@H]4O[C@H](C(=O)O)[C@@H](O)[C@H](O)[C@H]4O)cc3)c3cc(OCCCCCOc4cc5c(cc4OC)C(=O)N(CC(C)(C)CC)CC(O)N5C(=O)OCc4ccc(O[C@@H]5O[C@H](C(=O)O)[C@@H](O)[C@H](O)[C@H]5O)c(C(=O)NCCONC)c4)c(OC)cc3C(=O)N2C1. The number of aliphatic carboxylic acids is 2. The predicted molar refractivity (Wildman–Crippen MR) is 347 cm³/mol. The van der Waals surface area contributed by atoms with Crippen molar-refractivity contribution in [1.82, 2.24) is 20.6 Å². The van der Waals surface area contributed by atoms with E-state index >= 15 is 0 Å². The van der Waals surface area contributed by atoms with Crippen molar-refractivity contribution in [3.05, 3.63) is 107 Å². The highest BCUT2D eigenvalue weighted by Crippen LogP contribution is 2.44. The van der Waals surface area contributed by atoms with E-state index in [4.69, 9.17) is 52.2 Å². The Morgan fingerprint density at radius 3 is 1.72 bits per heavy atom. The molecule has 4 aromatic rings. The molecule has 5 heterocycles. The number of ether oxygens (including phenoxy) is 10. The molecule has 0 aliphatic carbocycles. The molecule has 5 aliphatic heterocycles. The molecule has 101 heavy (non-hydrogen) atoms. The number of unbranched alkanes of at least 4 members (excludes halogenated alkanes) is 2. The van der Waals surface area contributed by atoms with Crippen LogP contribution in [0.3, 0.4) is 0 Å². The number of methoxy groups -OCH3 is 2. The topological polar surface area (TPSA) is 460 Å². The van der Waals surface area contributed by atoms with Crippen molar-refractivity contribution in [2.75, 3.05) is 77.1 Å². The molecule has 3 fully saturated rings. The van der Waals surface area contributed by atoms with Crippen LogP contribution in [0.15, 0.2) is 78.9 Å². The van der Waals surface area contributed by atoms with Crippen molar-refractivity contribution >= 4 is 53.2 Å². The number of aliphatic hydroxyl groups is 8. The number of fused-ring (bicyclic) bond motifs is 3. The van der Waals surface area contributed by atoms with Gasteiger partial charge < -0.3 is 118 Å².